The second-order valence-electron chi connectivity index (χ2n) is 12.9. The van der Waals surface area contributed by atoms with Crippen LogP contribution in [0.5, 0.6) is 5.75 Å². The van der Waals surface area contributed by atoms with Crippen LogP contribution in [0.2, 0.25) is 0 Å². The molecule has 5 aliphatic rings. The first-order valence-corrected chi connectivity index (χ1v) is 15.7. The molecule has 0 N–H and O–H groups in total. The zero-order valence-corrected chi connectivity index (χ0v) is 25.7. The van der Waals surface area contributed by atoms with Crippen molar-refractivity contribution >= 4 is 17.5 Å². The first kappa shape index (κ1) is 29.8. The Bertz CT molecular complexity index is 1340. The number of Topliss-reactive ketones (excluding diaryl/α,β-unsaturated/α-hetero) is 1. The second-order valence-corrected chi connectivity index (χ2v) is 12.9. The van der Waals surface area contributed by atoms with Crippen LogP contribution < -0.4 is 4.74 Å². The van der Waals surface area contributed by atoms with E-state index in [-0.39, 0.29) is 30.1 Å². The van der Waals surface area contributed by atoms with Gasteiger partial charge in [-0.1, -0.05) is 18.7 Å². The highest BCUT2D eigenvalue weighted by Gasteiger charge is 2.57. The minimum atomic E-state index is -0.868. The molecule has 0 aromatic heterocycles. The Kier molecular flexibility index (Phi) is 8.33. The quantitative estimate of drug-likeness (QED) is 0.484. The Balaban J connectivity index is 1.30. The minimum absolute atomic E-state index is 0.103. The van der Waals surface area contributed by atoms with Crippen molar-refractivity contribution in [2.24, 2.45) is 10.9 Å². The maximum Gasteiger partial charge on any atom is 0.246 e. The van der Waals surface area contributed by atoms with Gasteiger partial charge in [0.1, 0.15) is 11.6 Å². The molecule has 1 amide bonds. The molecule has 2 saturated heterocycles. The molecule has 230 valence electrons. The average molecular weight is 589 g/mol. The summed E-state index contributed by atoms with van der Waals surface area (Å²) in [7, 11) is 4.09. The summed E-state index contributed by atoms with van der Waals surface area (Å²) in [5.74, 6) is 1.50. The third-order valence-corrected chi connectivity index (χ3v) is 10.5. The molecule has 1 aromatic carbocycles. The molecular weight excluding hydrogens is 544 g/mol. The number of carbonyl (C=O) groups is 2. The van der Waals surface area contributed by atoms with Gasteiger partial charge in [-0.15, -0.1) is 0 Å². The minimum Gasteiger partial charge on any atom is -0.479 e. The highest BCUT2D eigenvalue weighted by molar-refractivity contribution is 6.00. The number of nitriles is 1. The third kappa shape index (κ3) is 5.36. The first-order chi connectivity index (χ1) is 20.8. The monoisotopic (exact) mass is 588 g/mol. The van der Waals surface area contributed by atoms with Gasteiger partial charge in [-0.3, -0.25) is 14.5 Å². The Labute approximate surface area is 254 Å². The number of hydrogen-bond acceptors (Lipinski definition) is 9. The Morgan fingerprint density at radius 2 is 2.07 bits per heavy atom. The molecule has 4 aliphatic heterocycles. The van der Waals surface area contributed by atoms with Gasteiger partial charge in [0.25, 0.3) is 0 Å². The molecule has 3 fully saturated rings. The Morgan fingerprint density at radius 3 is 2.81 bits per heavy atom. The molecule has 10 nitrogen and oxygen atoms in total. The molecule has 1 aliphatic carbocycles. The lowest BCUT2D eigenvalue weighted by atomic mass is 9.69. The number of ether oxygens (including phenoxy) is 2. The van der Waals surface area contributed by atoms with E-state index < -0.39 is 18.0 Å². The number of amidine groups is 1. The number of ketones is 1. The van der Waals surface area contributed by atoms with Crippen LogP contribution in [0.15, 0.2) is 35.8 Å². The van der Waals surface area contributed by atoms with Crippen molar-refractivity contribution in [3.63, 3.8) is 0 Å². The van der Waals surface area contributed by atoms with Gasteiger partial charge in [0.15, 0.2) is 11.4 Å². The van der Waals surface area contributed by atoms with Gasteiger partial charge in [-0.25, -0.2) is 4.99 Å². The summed E-state index contributed by atoms with van der Waals surface area (Å²) in [4.78, 5) is 40.7. The number of carbonyl (C=O) groups excluding carboxylic acids is 2. The van der Waals surface area contributed by atoms with E-state index in [1.54, 1.807) is 4.90 Å². The Morgan fingerprint density at radius 1 is 1.23 bits per heavy atom. The number of rotatable bonds is 5. The fourth-order valence-electron chi connectivity index (χ4n) is 7.94. The molecule has 43 heavy (non-hydrogen) atoms. The summed E-state index contributed by atoms with van der Waals surface area (Å²) in [6.07, 6.45) is 6.03. The van der Waals surface area contributed by atoms with Crippen molar-refractivity contribution in [1.29, 1.82) is 5.26 Å². The van der Waals surface area contributed by atoms with Crippen LogP contribution in [0.4, 0.5) is 0 Å². The summed E-state index contributed by atoms with van der Waals surface area (Å²) >= 11 is 0. The van der Waals surface area contributed by atoms with E-state index in [4.69, 9.17) is 14.5 Å². The van der Waals surface area contributed by atoms with Crippen LogP contribution >= 0.6 is 0 Å². The smallest absolute Gasteiger partial charge is 0.246 e. The van der Waals surface area contributed by atoms with Crippen LogP contribution in [-0.2, 0) is 20.7 Å². The number of benzene rings is 1. The van der Waals surface area contributed by atoms with E-state index in [1.165, 1.54) is 17.2 Å². The lowest BCUT2D eigenvalue weighted by Crippen LogP contribution is -2.68. The topological polar surface area (TPSA) is 102 Å². The van der Waals surface area contributed by atoms with Gasteiger partial charge in [0.2, 0.25) is 12.3 Å². The maximum absolute atomic E-state index is 14.7. The van der Waals surface area contributed by atoms with E-state index >= 15 is 0 Å². The van der Waals surface area contributed by atoms with Gasteiger partial charge in [-0.05, 0) is 89.4 Å². The van der Waals surface area contributed by atoms with Gasteiger partial charge >= 0.3 is 0 Å². The number of fused-ring (bicyclic) bond motifs is 2. The van der Waals surface area contributed by atoms with Crippen LogP contribution in [0.3, 0.4) is 0 Å². The molecule has 6 rings (SSSR count). The van der Waals surface area contributed by atoms with Crippen molar-refractivity contribution in [1.82, 2.24) is 19.6 Å². The number of piperazine rings is 1. The second kappa shape index (κ2) is 12.0. The summed E-state index contributed by atoms with van der Waals surface area (Å²) in [5.41, 5.74) is 1.52. The SMILES string of the molecule is C=CC(=O)N1CCN(C2=NC(OCC3CCCN3C)N(C)C3C(=O)[C@]4(CCc5c(C)cccc5O4)CCC23)CC1CC#N. The maximum atomic E-state index is 14.7. The van der Waals surface area contributed by atoms with Crippen LogP contribution in [-0.4, -0.2) is 114 Å². The van der Waals surface area contributed by atoms with Crippen molar-refractivity contribution < 1.29 is 19.1 Å². The van der Waals surface area contributed by atoms with Crippen LogP contribution in [0.25, 0.3) is 0 Å². The van der Waals surface area contributed by atoms with Crippen LogP contribution in [0, 0.1) is 24.2 Å². The number of aliphatic imine (C=N–C) groups is 1. The molecule has 6 atom stereocenters. The summed E-state index contributed by atoms with van der Waals surface area (Å²) in [5, 5.41) is 9.56. The largest absolute Gasteiger partial charge is 0.479 e. The van der Waals surface area contributed by atoms with Crippen LogP contribution in [0.1, 0.15) is 49.7 Å². The number of likely N-dealkylation sites (tertiary alicyclic amines) is 1. The normalized spacial score (nSPS) is 32.9. The standard InChI is InChI=1S/C33H44N6O4/c1-5-28(40)39-19-18-38(20-23(39)13-16-34)31-26-12-15-33(14-11-25-22(2)8-6-10-27(25)43-33)30(41)29(26)37(4)32(35-31)42-21-24-9-7-17-36(24)3/h5-6,8,10,23-24,26,29,32H,1,7,9,11-15,17-21H2,2-4H3/t23?,24?,26?,29?,32?,33-/m0/s1. The summed E-state index contributed by atoms with van der Waals surface area (Å²) in [6, 6.07) is 7.95. The summed E-state index contributed by atoms with van der Waals surface area (Å²) in [6.45, 7) is 8.88. The molecule has 1 saturated carbocycles. The zero-order valence-electron chi connectivity index (χ0n) is 25.7. The van der Waals surface area contributed by atoms with Gasteiger partial charge < -0.3 is 24.2 Å². The predicted octanol–water partition coefficient (Wildman–Crippen LogP) is 2.76. The molecule has 1 aromatic rings. The number of nitrogens with zero attached hydrogens (tertiary/aromatic N) is 6. The lowest BCUT2D eigenvalue weighted by Gasteiger charge is -2.53. The van der Waals surface area contributed by atoms with E-state index in [1.807, 2.05) is 24.1 Å². The zero-order chi connectivity index (χ0) is 30.3. The molecule has 5 unspecified atom stereocenters. The number of likely N-dealkylation sites (N-methyl/N-ethyl adjacent to an activating group) is 2. The van der Waals surface area contributed by atoms with E-state index in [0.717, 1.165) is 43.8 Å². The number of amides is 1. The van der Waals surface area contributed by atoms with Crippen molar-refractivity contribution in [2.45, 2.75) is 81.9 Å². The van der Waals surface area contributed by atoms with Crippen molar-refractivity contribution in [2.75, 3.05) is 46.9 Å². The highest BCUT2D eigenvalue weighted by Crippen LogP contribution is 2.45. The van der Waals surface area contributed by atoms with E-state index in [9.17, 15) is 14.9 Å². The van der Waals surface area contributed by atoms with E-state index in [0.29, 0.717) is 45.1 Å². The Hall–Kier alpha value is -3.26. The molecule has 0 bridgehead atoms. The third-order valence-electron chi connectivity index (χ3n) is 10.5. The van der Waals surface area contributed by atoms with E-state index in [2.05, 4.69) is 42.5 Å². The molecular formula is C33H44N6O4. The van der Waals surface area contributed by atoms with Gasteiger partial charge in [-0.2, -0.15) is 5.26 Å². The molecule has 0 radical (unpaired) electrons. The molecule has 1 spiro atoms. The first-order valence-electron chi connectivity index (χ1n) is 15.7. The fraction of sp³-hybridized carbons (Fsp3) is 0.636. The van der Waals surface area contributed by atoms with Gasteiger partial charge in [0, 0.05) is 31.6 Å². The molecule has 10 heteroatoms. The summed E-state index contributed by atoms with van der Waals surface area (Å²) < 4.78 is 13.2. The molecule has 4 heterocycles. The van der Waals surface area contributed by atoms with Gasteiger partial charge in [0.05, 0.1) is 31.2 Å². The lowest BCUT2D eigenvalue weighted by molar-refractivity contribution is -0.159. The fourth-order valence-corrected chi connectivity index (χ4v) is 7.94. The average Bonchev–Trinajstić information content (AvgIpc) is 3.42. The van der Waals surface area contributed by atoms with Crippen molar-refractivity contribution in [3.8, 4) is 11.8 Å². The van der Waals surface area contributed by atoms with Crippen molar-refractivity contribution in [3.05, 3.63) is 42.0 Å². The predicted molar refractivity (Wildman–Crippen MR) is 162 cm³/mol. The highest BCUT2D eigenvalue weighted by atomic mass is 16.5. The number of hydrogen-bond donors (Lipinski definition) is 0. The number of aryl methyl sites for hydroxylation is 1.